The maximum Gasteiger partial charge on any atom is 0.338 e. The molecule has 25 heavy (non-hydrogen) atoms. The summed E-state index contributed by atoms with van der Waals surface area (Å²) < 4.78 is 5.00. The molecule has 0 aromatic heterocycles. The third-order valence-corrected chi connectivity index (χ3v) is 3.59. The van der Waals surface area contributed by atoms with Crippen LogP contribution < -0.4 is 10.6 Å². The number of esters is 1. The zero-order chi connectivity index (χ0) is 18.2. The highest BCUT2D eigenvalue weighted by Crippen LogP contribution is 2.10. The lowest BCUT2D eigenvalue weighted by Gasteiger charge is -2.08. The van der Waals surface area contributed by atoms with E-state index in [1.165, 1.54) is 0 Å². The Hall–Kier alpha value is -3.15. The molecule has 2 rings (SSSR count). The standard InChI is InChI=1S/C19H20N2O4/c1-3-13-4-6-15(7-5-13)19(24)25-12-17(22)21-16-10-8-14(9-11-16)18(23)20-2/h4-11H,3,12H2,1-2H3,(H,20,23)(H,21,22). The third kappa shape index (κ3) is 5.17. The van der Waals surface area contributed by atoms with Crippen LogP contribution in [0.5, 0.6) is 0 Å². The fourth-order valence-corrected chi connectivity index (χ4v) is 2.14. The van der Waals surface area contributed by atoms with Gasteiger partial charge in [-0.1, -0.05) is 19.1 Å². The minimum absolute atomic E-state index is 0.208. The van der Waals surface area contributed by atoms with Crippen LogP contribution in [0.4, 0.5) is 5.69 Å². The number of aryl methyl sites for hydroxylation is 1. The van der Waals surface area contributed by atoms with Gasteiger partial charge in [0.15, 0.2) is 6.61 Å². The number of carbonyl (C=O) groups excluding carboxylic acids is 3. The first kappa shape index (κ1) is 18.2. The Kier molecular flexibility index (Phi) is 6.28. The van der Waals surface area contributed by atoms with Gasteiger partial charge in [0.2, 0.25) is 0 Å². The van der Waals surface area contributed by atoms with Crippen LogP contribution in [0.1, 0.15) is 33.2 Å². The van der Waals surface area contributed by atoms with Gasteiger partial charge < -0.3 is 15.4 Å². The van der Waals surface area contributed by atoms with Crippen molar-refractivity contribution < 1.29 is 19.1 Å². The number of benzene rings is 2. The molecule has 0 bridgehead atoms. The molecule has 2 amide bonds. The number of ether oxygens (including phenoxy) is 1. The fraction of sp³-hybridized carbons (Fsp3) is 0.211. The van der Waals surface area contributed by atoms with Gasteiger partial charge in [-0.2, -0.15) is 0 Å². The Morgan fingerprint density at radius 2 is 1.52 bits per heavy atom. The molecule has 0 aliphatic heterocycles. The molecule has 0 fully saturated rings. The van der Waals surface area contributed by atoms with Crippen LogP contribution in [0, 0.1) is 0 Å². The Labute approximate surface area is 146 Å². The lowest BCUT2D eigenvalue weighted by molar-refractivity contribution is -0.119. The molecule has 2 N–H and O–H groups in total. The summed E-state index contributed by atoms with van der Waals surface area (Å²) in [6.45, 7) is 1.64. The summed E-state index contributed by atoms with van der Waals surface area (Å²) in [7, 11) is 1.54. The summed E-state index contributed by atoms with van der Waals surface area (Å²) in [6.07, 6.45) is 0.885. The van der Waals surface area contributed by atoms with Crippen molar-refractivity contribution in [2.45, 2.75) is 13.3 Å². The van der Waals surface area contributed by atoms with E-state index in [2.05, 4.69) is 10.6 Å². The maximum atomic E-state index is 11.9. The van der Waals surface area contributed by atoms with E-state index in [-0.39, 0.29) is 12.5 Å². The normalized spacial score (nSPS) is 10.0. The predicted octanol–water partition coefficient (Wildman–Crippen LogP) is 2.40. The van der Waals surface area contributed by atoms with Crippen molar-refractivity contribution in [2.75, 3.05) is 19.0 Å². The summed E-state index contributed by atoms with van der Waals surface area (Å²) in [5, 5.41) is 5.12. The molecule has 0 saturated heterocycles. The molecule has 130 valence electrons. The molecule has 0 heterocycles. The lowest BCUT2D eigenvalue weighted by Crippen LogP contribution is -2.21. The highest BCUT2D eigenvalue weighted by molar-refractivity contribution is 5.97. The molecule has 0 radical (unpaired) electrons. The van der Waals surface area contributed by atoms with Crippen molar-refractivity contribution in [3.8, 4) is 0 Å². The van der Waals surface area contributed by atoms with Crippen molar-refractivity contribution in [2.24, 2.45) is 0 Å². The van der Waals surface area contributed by atoms with Crippen LogP contribution >= 0.6 is 0 Å². The van der Waals surface area contributed by atoms with E-state index >= 15 is 0 Å². The summed E-state index contributed by atoms with van der Waals surface area (Å²) in [5.41, 5.74) is 2.53. The van der Waals surface area contributed by atoms with Crippen LogP contribution in [0.25, 0.3) is 0 Å². The average Bonchev–Trinajstić information content (AvgIpc) is 2.66. The van der Waals surface area contributed by atoms with E-state index in [0.717, 1.165) is 12.0 Å². The van der Waals surface area contributed by atoms with Gasteiger partial charge in [-0.15, -0.1) is 0 Å². The first-order valence-electron chi connectivity index (χ1n) is 7.91. The molecular formula is C19H20N2O4. The number of amides is 2. The summed E-state index contributed by atoms with van der Waals surface area (Å²) in [4.78, 5) is 35.2. The van der Waals surface area contributed by atoms with E-state index in [9.17, 15) is 14.4 Å². The topological polar surface area (TPSA) is 84.5 Å². The molecule has 2 aromatic carbocycles. The van der Waals surface area contributed by atoms with Gasteiger partial charge in [0, 0.05) is 18.3 Å². The van der Waals surface area contributed by atoms with Crippen LogP contribution in [0.3, 0.4) is 0 Å². The summed E-state index contributed by atoms with van der Waals surface area (Å²) in [5.74, 6) is -1.21. The quantitative estimate of drug-likeness (QED) is 0.791. The van der Waals surface area contributed by atoms with E-state index in [0.29, 0.717) is 16.8 Å². The molecule has 0 spiro atoms. The summed E-state index contributed by atoms with van der Waals surface area (Å²) >= 11 is 0. The molecule has 0 aliphatic carbocycles. The number of hydrogen-bond acceptors (Lipinski definition) is 4. The molecular weight excluding hydrogens is 320 g/mol. The van der Waals surface area contributed by atoms with E-state index in [4.69, 9.17) is 4.74 Å². The second-order valence-electron chi connectivity index (χ2n) is 5.33. The van der Waals surface area contributed by atoms with Crippen LogP contribution in [-0.4, -0.2) is 31.4 Å². The molecule has 0 aliphatic rings. The van der Waals surface area contributed by atoms with Gasteiger partial charge in [0.05, 0.1) is 5.56 Å². The van der Waals surface area contributed by atoms with Crippen molar-refractivity contribution in [3.63, 3.8) is 0 Å². The molecule has 6 nitrogen and oxygen atoms in total. The summed E-state index contributed by atoms with van der Waals surface area (Å²) in [6, 6.07) is 13.5. The molecule has 6 heteroatoms. The number of nitrogens with one attached hydrogen (secondary N) is 2. The van der Waals surface area contributed by atoms with Crippen molar-refractivity contribution in [3.05, 3.63) is 65.2 Å². The molecule has 0 unspecified atom stereocenters. The molecule has 0 atom stereocenters. The van der Waals surface area contributed by atoms with Crippen molar-refractivity contribution in [1.82, 2.24) is 5.32 Å². The van der Waals surface area contributed by atoms with Crippen molar-refractivity contribution >= 4 is 23.5 Å². The number of carbonyl (C=O) groups is 3. The highest BCUT2D eigenvalue weighted by Gasteiger charge is 2.11. The second kappa shape index (κ2) is 8.63. The van der Waals surface area contributed by atoms with Gasteiger partial charge >= 0.3 is 5.97 Å². The Morgan fingerprint density at radius 1 is 0.920 bits per heavy atom. The minimum Gasteiger partial charge on any atom is -0.452 e. The second-order valence-corrected chi connectivity index (χ2v) is 5.33. The lowest BCUT2D eigenvalue weighted by atomic mass is 10.1. The smallest absolute Gasteiger partial charge is 0.338 e. The predicted molar refractivity (Wildman–Crippen MR) is 94.6 cm³/mol. The van der Waals surface area contributed by atoms with Crippen LogP contribution in [0.15, 0.2) is 48.5 Å². The Bertz CT molecular complexity index is 752. The van der Waals surface area contributed by atoms with Gasteiger partial charge in [0.1, 0.15) is 0 Å². The first-order chi connectivity index (χ1) is 12.0. The van der Waals surface area contributed by atoms with E-state index < -0.39 is 11.9 Å². The Morgan fingerprint density at radius 3 is 2.08 bits per heavy atom. The van der Waals surface area contributed by atoms with E-state index in [1.54, 1.807) is 43.4 Å². The highest BCUT2D eigenvalue weighted by atomic mass is 16.5. The van der Waals surface area contributed by atoms with Crippen LogP contribution in [0.2, 0.25) is 0 Å². The zero-order valence-electron chi connectivity index (χ0n) is 14.2. The molecule has 0 saturated carbocycles. The first-order valence-corrected chi connectivity index (χ1v) is 7.91. The largest absolute Gasteiger partial charge is 0.452 e. The number of anilines is 1. The van der Waals surface area contributed by atoms with Crippen LogP contribution in [-0.2, 0) is 16.0 Å². The minimum atomic E-state index is -0.548. The van der Waals surface area contributed by atoms with Crippen molar-refractivity contribution in [1.29, 1.82) is 0 Å². The van der Waals surface area contributed by atoms with Gasteiger partial charge in [-0.05, 0) is 48.4 Å². The third-order valence-electron chi connectivity index (χ3n) is 3.59. The fourth-order valence-electron chi connectivity index (χ4n) is 2.14. The molecule has 2 aromatic rings. The zero-order valence-corrected chi connectivity index (χ0v) is 14.2. The van der Waals surface area contributed by atoms with Gasteiger partial charge in [-0.3, -0.25) is 9.59 Å². The van der Waals surface area contributed by atoms with Gasteiger partial charge in [-0.25, -0.2) is 4.79 Å². The average molecular weight is 340 g/mol. The number of rotatable bonds is 6. The Balaban J connectivity index is 1.85. The number of hydrogen-bond donors (Lipinski definition) is 2. The maximum absolute atomic E-state index is 11.9. The SMILES string of the molecule is CCc1ccc(C(=O)OCC(=O)Nc2ccc(C(=O)NC)cc2)cc1. The van der Waals surface area contributed by atoms with Gasteiger partial charge in [0.25, 0.3) is 11.8 Å². The van der Waals surface area contributed by atoms with E-state index in [1.807, 2.05) is 19.1 Å². The monoisotopic (exact) mass is 340 g/mol.